The van der Waals surface area contributed by atoms with Crippen LogP contribution in [0.25, 0.3) is 32.6 Å². The molecule has 0 aliphatic carbocycles. The Hall–Kier alpha value is -2.68. The van der Waals surface area contributed by atoms with Gasteiger partial charge in [-0.1, -0.05) is 36.4 Å². The summed E-state index contributed by atoms with van der Waals surface area (Å²) in [5.41, 5.74) is 2.75. The van der Waals surface area contributed by atoms with E-state index < -0.39 is 0 Å². The van der Waals surface area contributed by atoms with Crippen molar-refractivity contribution in [3.8, 4) is 0 Å². The first kappa shape index (κ1) is 10.3. The van der Waals surface area contributed by atoms with Crippen molar-refractivity contribution in [2.24, 2.45) is 0 Å². The summed E-state index contributed by atoms with van der Waals surface area (Å²) < 4.78 is 0. The summed E-state index contributed by atoms with van der Waals surface area (Å²) in [6.45, 7) is 0. The highest BCUT2D eigenvalue weighted by molar-refractivity contribution is 6.17. The van der Waals surface area contributed by atoms with Crippen LogP contribution in [0.4, 0.5) is 5.69 Å². The monoisotopic (exact) mass is 247 g/mol. The summed E-state index contributed by atoms with van der Waals surface area (Å²) >= 11 is 0. The van der Waals surface area contributed by atoms with Gasteiger partial charge in [-0.25, -0.2) is 0 Å². The Morgan fingerprint density at radius 2 is 1.74 bits per heavy atom. The number of fused-ring (bicyclic) bond motifs is 5. The third-order valence-electron chi connectivity index (χ3n) is 3.62. The number of aromatic nitrogens is 1. The second-order valence-electron chi connectivity index (χ2n) is 4.70. The lowest BCUT2D eigenvalue weighted by molar-refractivity contribution is -0.379. The number of aromatic amines is 1. The molecule has 0 aliphatic rings. The van der Waals surface area contributed by atoms with Crippen molar-refractivity contribution >= 4 is 38.3 Å². The molecule has 0 fully saturated rings. The first-order chi connectivity index (χ1) is 9.36. The summed E-state index contributed by atoms with van der Waals surface area (Å²) in [4.78, 5) is 14.2. The molecule has 0 bridgehead atoms. The average molecular weight is 247 g/mol. The van der Waals surface area contributed by atoms with Gasteiger partial charge in [-0.2, -0.15) is 0 Å². The lowest BCUT2D eigenvalue weighted by Crippen LogP contribution is -2.55. The minimum absolute atomic E-state index is 0.585. The predicted molar refractivity (Wildman–Crippen MR) is 77.3 cm³/mol. The maximum atomic E-state index is 10.8. The van der Waals surface area contributed by atoms with Gasteiger partial charge in [0.25, 0.3) is 5.69 Å². The average Bonchev–Trinajstić information content (AvgIpc) is 2.85. The van der Waals surface area contributed by atoms with Gasteiger partial charge in [-0.05, 0) is 11.5 Å². The van der Waals surface area contributed by atoms with Gasteiger partial charge >= 0.3 is 0 Å². The van der Waals surface area contributed by atoms with Gasteiger partial charge in [-0.3, -0.25) is 0 Å². The van der Waals surface area contributed by atoms with Gasteiger partial charge < -0.3 is 4.98 Å². The summed E-state index contributed by atoms with van der Waals surface area (Å²) in [6.07, 6.45) is 0. The quantitative estimate of drug-likeness (QED) is 0.533. The third kappa shape index (κ3) is 1.38. The number of H-pyrrole nitrogens is 1. The Labute approximate surface area is 108 Å². The minimum atomic E-state index is 0.585. The Morgan fingerprint density at radius 1 is 0.842 bits per heavy atom. The van der Waals surface area contributed by atoms with Gasteiger partial charge in [0, 0.05) is 43.9 Å². The molecule has 1 aromatic heterocycles. The van der Waals surface area contributed by atoms with Crippen molar-refractivity contribution in [2.75, 3.05) is 0 Å². The number of rotatable bonds is 1. The summed E-state index contributed by atoms with van der Waals surface area (Å²) in [7, 11) is 0. The highest BCUT2D eigenvalue weighted by atomic mass is 16.3. The van der Waals surface area contributed by atoms with E-state index >= 15 is 0 Å². The molecule has 3 aromatic carbocycles. The molecule has 19 heavy (non-hydrogen) atoms. The van der Waals surface area contributed by atoms with Crippen LogP contribution in [0.15, 0.2) is 54.6 Å². The molecule has 0 unspecified atom stereocenters. The molecule has 90 valence electrons. The van der Waals surface area contributed by atoms with Crippen LogP contribution < -0.4 is 5.18 Å². The maximum Gasteiger partial charge on any atom is 0.254 e. The standard InChI is InChI=1S/C16H10N2O/c19-18-11-6-8-15-14(9-11)13-7-5-10-3-1-2-4-12(10)16(13)17-15/h1-9,17H/p+1. The zero-order chi connectivity index (χ0) is 12.8. The maximum absolute atomic E-state index is 10.8. The topological polar surface area (TPSA) is 46.8 Å². The second kappa shape index (κ2) is 3.65. The highest BCUT2D eigenvalue weighted by Gasteiger charge is 2.09. The van der Waals surface area contributed by atoms with Crippen LogP contribution >= 0.6 is 0 Å². The Bertz CT molecular complexity index is 937. The zero-order valence-electron chi connectivity index (χ0n) is 10.1. The third-order valence-corrected chi connectivity index (χ3v) is 3.62. The van der Waals surface area contributed by atoms with Crippen LogP contribution in [0.1, 0.15) is 0 Å². The van der Waals surface area contributed by atoms with Gasteiger partial charge in [0.2, 0.25) is 0 Å². The van der Waals surface area contributed by atoms with E-state index in [0.717, 1.165) is 21.8 Å². The van der Waals surface area contributed by atoms with E-state index in [1.807, 2.05) is 29.4 Å². The lowest BCUT2D eigenvalue weighted by Gasteiger charge is -1.98. The van der Waals surface area contributed by atoms with Crippen LogP contribution in [0, 0.1) is 4.91 Å². The smallest absolute Gasteiger partial charge is 0.254 e. The van der Waals surface area contributed by atoms with Gasteiger partial charge in [0.05, 0.1) is 5.52 Å². The Balaban J connectivity index is 2.24. The Morgan fingerprint density at radius 3 is 2.63 bits per heavy atom. The fourth-order valence-electron chi connectivity index (χ4n) is 2.70. The van der Waals surface area contributed by atoms with E-state index in [1.165, 1.54) is 10.8 Å². The number of nitrogens with one attached hydrogen (secondary N) is 2. The van der Waals surface area contributed by atoms with Crippen molar-refractivity contribution in [2.45, 2.75) is 0 Å². The van der Waals surface area contributed by atoms with Crippen LogP contribution in [0.3, 0.4) is 0 Å². The molecule has 0 atom stereocenters. The molecule has 0 saturated carbocycles. The number of hydrogen-bond donors (Lipinski definition) is 2. The number of benzene rings is 3. The van der Waals surface area contributed by atoms with Crippen molar-refractivity contribution in [3.63, 3.8) is 0 Å². The van der Waals surface area contributed by atoms with Crippen LogP contribution in [0.5, 0.6) is 0 Å². The number of hydrogen-bond acceptors (Lipinski definition) is 1. The van der Waals surface area contributed by atoms with E-state index in [0.29, 0.717) is 5.69 Å². The summed E-state index contributed by atoms with van der Waals surface area (Å²) in [5, 5.41) is 6.58. The van der Waals surface area contributed by atoms with E-state index in [-0.39, 0.29) is 0 Å². The molecule has 3 nitrogen and oxygen atoms in total. The zero-order valence-corrected chi connectivity index (χ0v) is 10.1. The molecule has 0 spiro atoms. The van der Waals surface area contributed by atoms with Crippen molar-refractivity contribution in [1.82, 2.24) is 4.98 Å². The van der Waals surface area contributed by atoms with E-state index in [4.69, 9.17) is 0 Å². The molecule has 0 saturated heterocycles. The molecule has 0 aliphatic heterocycles. The van der Waals surface area contributed by atoms with E-state index in [2.05, 4.69) is 29.2 Å². The molecule has 3 heteroatoms. The van der Waals surface area contributed by atoms with Crippen molar-refractivity contribution < 1.29 is 5.18 Å². The van der Waals surface area contributed by atoms with Crippen LogP contribution in [0.2, 0.25) is 0 Å². The second-order valence-corrected chi connectivity index (χ2v) is 4.70. The first-order valence-corrected chi connectivity index (χ1v) is 6.18. The van der Waals surface area contributed by atoms with Gasteiger partial charge in [-0.15, -0.1) is 0 Å². The normalized spacial score (nSPS) is 11.4. The molecule has 4 aromatic rings. The predicted octanol–water partition coefficient (Wildman–Crippen LogP) is 2.95. The fraction of sp³-hybridized carbons (Fsp3) is 0. The first-order valence-electron chi connectivity index (χ1n) is 6.18. The molecule has 1 heterocycles. The fourth-order valence-corrected chi connectivity index (χ4v) is 2.70. The Kier molecular flexibility index (Phi) is 1.97. The molecular formula is C16H11N2O+. The highest BCUT2D eigenvalue weighted by Crippen LogP contribution is 2.31. The SMILES string of the molecule is O=[NH+]c1ccc2[nH]c3c4ccccc4ccc3c2c1. The largest absolute Gasteiger partial charge is 0.354 e. The van der Waals surface area contributed by atoms with Gasteiger partial charge in [0.1, 0.15) is 0 Å². The molecular weight excluding hydrogens is 236 g/mol. The molecule has 0 amide bonds. The summed E-state index contributed by atoms with van der Waals surface area (Å²) in [5.74, 6) is 0. The lowest BCUT2D eigenvalue weighted by atomic mass is 10.1. The van der Waals surface area contributed by atoms with Crippen LogP contribution in [-0.4, -0.2) is 4.98 Å². The number of nitroso groups, excluding NO2 is 1. The molecule has 2 N–H and O–H groups in total. The molecule has 0 radical (unpaired) electrons. The van der Waals surface area contributed by atoms with E-state index in [9.17, 15) is 4.91 Å². The van der Waals surface area contributed by atoms with Crippen molar-refractivity contribution in [1.29, 1.82) is 0 Å². The van der Waals surface area contributed by atoms with E-state index in [1.54, 1.807) is 6.07 Å². The minimum Gasteiger partial charge on any atom is -0.354 e. The molecule has 4 rings (SSSR count). The van der Waals surface area contributed by atoms with Crippen molar-refractivity contribution in [3.05, 3.63) is 59.5 Å². The van der Waals surface area contributed by atoms with Crippen LogP contribution in [-0.2, 0) is 0 Å². The van der Waals surface area contributed by atoms with Gasteiger partial charge in [0.15, 0.2) is 0 Å². The summed E-state index contributed by atoms with van der Waals surface area (Å²) in [6, 6.07) is 18.1.